The maximum atomic E-state index is 12.6. The van der Waals surface area contributed by atoms with Crippen LogP contribution in [0.2, 0.25) is 5.02 Å². The summed E-state index contributed by atoms with van der Waals surface area (Å²) in [5, 5.41) is 8.05. The zero-order valence-corrected chi connectivity index (χ0v) is 19.6. The van der Waals surface area contributed by atoms with Crippen LogP contribution >= 0.6 is 11.6 Å². The summed E-state index contributed by atoms with van der Waals surface area (Å²) in [5.74, 6) is 0.279. The van der Waals surface area contributed by atoms with Crippen LogP contribution in [0.15, 0.2) is 24.3 Å². The smallest absolute Gasteiger partial charge is 0.242 e. The van der Waals surface area contributed by atoms with Crippen LogP contribution in [0.3, 0.4) is 0 Å². The van der Waals surface area contributed by atoms with Gasteiger partial charge in [0, 0.05) is 54.7 Å². The first-order chi connectivity index (χ1) is 14.7. The van der Waals surface area contributed by atoms with Gasteiger partial charge in [-0.15, -0.1) is 0 Å². The Morgan fingerprint density at radius 3 is 2.52 bits per heavy atom. The monoisotopic (exact) mass is 445 g/mol. The first kappa shape index (κ1) is 23.1. The number of carbonyl (C=O) groups excluding carboxylic acids is 2. The van der Waals surface area contributed by atoms with E-state index in [1.54, 1.807) is 4.90 Å². The lowest BCUT2D eigenvalue weighted by Gasteiger charge is -2.36. The molecule has 1 N–H and O–H groups in total. The second-order valence-corrected chi connectivity index (χ2v) is 8.96. The predicted octanol–water partition coefficient (Wildman–Crippen LogP) is 2.82. The molecule has 0 aliphatic carbocycles. The molecule has 0 bridgehead atoms. The fourth-order valence-corrected chi connectivity index (χ4v) is 4.09. The normalized spacial score (nSPS) is 14.3. The van der Waals surface area contributed by atoms with Crippen molar-refractivity contribution in [3.05, 3.63) is 46.2 Å². The molecule has 0 unspecified atom stereocenters. The summed E-state index contributed by atoms with van der Waals surface area (Å²) in [6.45, 7) is 11.8. The highest BCUT2D eigenvalue weighted by molar-refractivity contribution is 6.30. The van der Waals surface area contributed by atoms with Crippen LogP contribution < -0.4 is 10.2 Å². The number of amides is 2. The Balaban J connectivity index is 1.47. The van der Waals surface area contributed by atoms with Gasteiger partial charge in [-0.1, -0.05) is 31.5 Å². The molecule has 31 heavy (non-hydrogen) atoms. The lowest BCUT2D eigenvalue weighted by Crippen LogP contribution is -2.51. The molecule has 1 aromatic carbocycles. The SMILES string of the molecule is Cc1nn(CC(C)C)c(C)c1CC(=O)NCC(=O)N1CCN(c2cccc(Cl)c2)CC1. The molecule has 0 radical (unpaired) electrons. The standard InChI is InChI=1S/C23H32ClN5O2/c1-16(2)15-29-18(4)21(17(3)26-29)13-22(30)25-14-23(31)28-10-8-27(9-11-28)20-7-5-6-19(24)12-20/h5-7,12,16H,8-11,13-15H2,1-4H3,(H,25,30). The number of hydrogen-bond donors (Lipinski definition) is 1. The van der Waals surface area contributed by atoms with E-state index in [4.69, 9.17) is 11.6 Å². The van der Waals surface area contributed by atoms with E-state index < -0.39 is 0 Å². The Hall–Kier alpha value is -2.54. The van der Waals surface area contributed by atoms with Crippen LogP contribution in [0.25, 0.3) is 0 Å². The lowest BCUT2D eigenvalue weighted by atomic mass is 10.1. The van der Waals surface area contributed by atoms with Gasteiger partial charge in [-0.3, -0.25) is 14.3 Å². The van der Waals surface area contributed by atoms with Gasteiger partial charge >= 0.3 is 0 Å². The number of carbonyl (C=O) groups is 2. The van der Waals surface area contributed by atoms with Crippen LogP contribution in [0.1, 0.15) is 30.8 Å². The maximum Gasteiger partial charge on any atom is 0.242 e. The molecule has 1 saturated heterocycles. The third kappa shape index (κ3) is 6.00. The molecule has 168 valence electrons. The predicted molar refractivity (Wildman–Crippen MR) is 123 cm³/mol. The van der Waals surface area contributed by atoms with Crippen molar-refractivity contribution < 1.29 is 9.59 Å². The van der Waals surface area contributed by atoms with Gasteiger partial charge in [0.15, 0.2) is 0 Å². The average molecular weight is 446 g/mol. The van der Waals surface area contributed by atoms with E-state index >= 15 is 0 Å². The average Bonchev–Trinajstić information content (AvgIpc) is 2.99. The Morgan fingerprint density at radius 1 is 1.16 bits per heavy atom. The first-order valence-electron chi connectivity index (χ1n) is 10.8. The van der Waals surface area contributed by atoms with Crippen LogP contribution in [0, 0.1) is 19.8 Å². The van der Waals surface area contributed by atoms with Crippen LogP contribution in [-0.4, -0.2) is 59.2 Å². The molecule has 1 aliphatic heterocycles. The van der Waals surface area contributed by atoms with Gasteiger partial charge in [0.1, 0.15) is 0 Å². The van der Waals surface area contributed by atoms with Crippen LogP contribution in [0.5, 0.6) is 0 Å². The Bertz CT molecular complexity index is 932. The van der Waals surface area contributed by atoms with Crippen molar-refractivity contribution in [1.82, 2.24) is 20.0 Å². The van der Waals surface area contributed by atoms with Gasteiger partial charge in [-0.2, -0.15) is 5.10 Å². The minimum atomic E-state index is -0.152. The van der Waals surface area contributed by atoms with Gasteiger partial charge in [-0.05, 0) is 38.0 Å². The minimum absolute atomic E-state index is 0.0220. The Morgan fingerprint density at radius 2 is 1.87 bits per heavy atom. The van der Waals surface area contributed by atoms with E-state index in [9.17, 15) is 9.59 Å². The third-order valence-electron chi connectivity index (χ3n) is 5.65. The quantitative estimate of drug-likeness (QED) is 0.711. The highest BCUT2D eigenvalue weighted by atomic mass is 35.5. The molecule has 0 atom stereocenters. The second kappa shape index (κ2) is 10.2. The van der Waals surface area contributed by atoms with Gasteiger partial charge < -0.3 is 15.1 Å². The fraction of sp³-hybridized carbons (Fsp3) is 0.522. The maximum absolute atomic E-state index is 12.6. The fourth-order valence-electron chi connectivity index (χ4n) is 3.91. The van der Waals surface area contributed by atoms with E-state index in [1.807, 2.05) is 42.8 Å². The van der Waals surface area contributed by atoms with Crippen molar-refractivity contribution in [1.29, 1.82) is 0 Å². The summed E-state index contributed by atoms with van der Waals surface area (Å²) in [5.41, 5.74) is 3.90. The van der Waals surface area contributed by atoms with Gasteiger partial charge in [0.05, 0.1) is 18.7 Å². The minimum Gasteiger partial charge on any atom is -0.368 e. The van der Waals surface area contributed by atoms with Crippen LogP contribution in [0.4, 0.5) is 5.69 Å². The van der Waals surface area contributed by atoms with E-state index in [0.29, 0.717) is 24.0 Å². The number of piperazine rings is 1. The number of aromatic nitrogens is 2. The highest BCUT2D eigenvalue weighted by Gasteiger charge is 2.22. The van der Waals surface area contributed by atoms with Gasteiger partial charge in [-0.25, -0.2) is 0 Å². The molecule has 1 aromatic heterocycles. The Kier molecular flexibility index (Phi) is 7.59. The molecular formula is C23H32ClN5O2. The van der Waals surface area contributed by atoms with Crippen molar-refractivity contribution in [2.45, 2.75) is 40.7 Å². The highest BCUT2D eigenvalue weighted by Crippen LogP contribution is 2.21. The van der Waals surface area contributed by atoms with Crippen molar-refractivity contribution in [2.75, 3.05) is 37.6 Å². The number of nitrogens with zero attached hydrogens (tertiary/aromatic N) is 4. The van der Waals surface area contributed by atoms with Gasteiger partial charge in [0.2, 0.25) is 11.8 Å². The number of benzene rings is 1. The second-order valence-electron chi connectivity index (χ2n) is 8.53. The lowest BCUT2D eigenvalue weighted by molar-refractivity contribution is -0.133. The molecule has 1 fully saturated rings. The summed E-state index contributed by atoms with van der Waals surface area (Å²) < 4.78 is 1.97. The number of nitrogens with one attached hydrogen (secondary N) is 1. The van der Waals surface area contributed by atoms with E-state index in [-0.39, 0.29) is 24.8 Å². The zero-order chi connectivity index (χ0) is 22.5. The number of anilines is 1. The summed E-state index contributed by atoms with van der Waals surface area (Å²) in [4.78, 5) is 29.1. The number of hydrogen-bond acceptors (Lipinski definition) is 4. The molecule has 2 amide bonds. The third-order valence-corrected chi connectivity index (χ3v) is 5.88. The molecule has 8 heteroatoms. The molecular weight excluding hydrogens is 414 g/mol. The van der Waals surface area contributed by atoms with E-state index in [1.165, 1.54) is 0 Å². The van der Waals surface area contributed by atoms with Gasteiger partial charge in [0.25, 0.3) is 0 Å². The summed E-state index contributed by atoms with van der Waals surface area (Å²) in [6.07, 6.45) is 0.242. The largest absolute Gasteiger partial charge is 0.368 e. The molecule has 7 nitrogen and oxygen atoms in total. The Labute approximate surface area is 189 Å². The molecule has 3 rings (SSSR count). The molecule has 2 aromatic rings. The number of halogens is 1. The van der Waals surface area contributed by atoms with E-state index in [2.05, 4.69) is 29.2 Å². The zero-order valence-electron chi connectivity index (χ0n) is 18.8. The van der Waals surface area contributed by atoms with Crippen molar-refractivity contribution in [2.24, 2.45) is 5.92 Å². The van der Waals surface area contributed by atoms with Crippen LogP contribution in [-0.2, 0) is 22.6 Å². The summed E-state index contributed by atoms with van der Waals surface area (Å²) in [7, 11) is 0. The molecule has 0 spiro atoms. The van der Waals surface area contributed by atoms with Crippen molar-refractivity contribution in [3.63, 3.8) is 0 Å². The molecule has 0 saturated carbocycles. The van der Waals surface area contributed by atoms with Crippen molar-refractivity contribution in [3.8, 4) is 0 Å². The number of aryl methyl sites for hydroxylation is 1. The summed E-state index contributed by atoms with van der Waals surface area (Å²) in [6, 6.07) is 7.75. The summed E-state index contributed by atoms with van der Waals surface area (Å²) >= 11 is 6.08. The van der Waals surface area contributed by atoms with E-state index in [0.717, 1.165) is 42.3 Å². The first-order valence-corrected chi connectivity index (χ1v) is 11.2. The van der Waals surface area contributed by atoms with Crippen molar-refractivity contribution >= 4 is 29.1 Å². The molecule has 1 aliphatic rings. The number of rotatable bonds is 7. The molecule has 2 heterocycles. The topological polar surface area (TPSA) is 70.5 Å².